The average Bonchev–Trinajstić information content (AvgIpc) is 2.81. The Morgan fingerprint density at radius 1 is 1.06 bits per heavy atom. The molecular weight excluding hydrogens is 442 g/mol. The average molecular weight is 470 g/mol. The van der Waals surface area contributed by atoms with Gasteiger partial charge in [0.05, 0.1) is 11.5 Å². The van der Waals surface area contributed by atoms with Crippen LogP contribution in [0.5, 0.6) is 17.4 Å². The van der Waals surface area contributed by atoms with Crippen molar-refractivity contribution in [3.05, 3.63) is 77.0 Å². The molecule has 1 amide bonds. The Morgan fingerprint density at radius 3 is 2.42 bits per heavy atom. The first-order valence-corrected chi connectivity index (χ1v) is 11.9. The molecule has 0 aliphatic heterocycles. The Kier molecular flexibility index (Phi) is 7.67. The van der Waals surface area contributed by atoms with E-state index in [1.54, 1.807) is 44.3 Å². The number of nitrogens with zero attached hydrogens (tertiary/aromatic N) is 1. The number of carbonyl (C=O) groups is 1. The molecule has 0 spiro atoms. The number of amides is 1. The van der Waals surface area contributed by atoms with Crippen LogP contribution >= 0.6 is 0 Å². The number of sulfonamides is 1. The second kappa shape index (κ2) is 10.5. The Labute approximate surface area is 194 Å². The van der Waals surface area contributed by atoms with Crippen LogP contribution in [0.15, 0.2) is 59.6 Å². The van der Waals surface area contributed by atoms with E-state index in [-0.39, 0.29) is 22.9 Å². The Hall–Kier alpha value is -3.43. The molecule has 9 heteroatoms. The lowest BCUT2D eigenvalue weighted by Gasteiger charge is -2.13. The number of hydrogen-bond donors (Lipinski definition) is 2. The van der Waals surface area contributed by atoms with Crippen LogP contribution in [0.4, 0.5) is 0 Å². The third-order valence-electron chi connectivity index (χ3n) is 5.05. The van der Waals surface area contributed by atoms with E-state index in [0.29, 0.717) is 35.1 Å². The van der Waals surface area contributed by atoms with Gasteiger partial charge in [0.15, 0.2) is 11.5 Å². The normalized spacial score (nSPS) is 11.2. The van der Waals surface area contributed by atoms with Crippen molar-refractivity contribution in [2.75, 3.05) is 13.7 Å². The highest BCUT2D eigenvalue weighted by Gasteiger charge is 2.19. The van der Waals surface area contributed by atoms with E-state index in [1.807, 2.05) is 25.1 Å². The van der Waals surface area contributed by atoms with E-state index in [2.05, 4.69) is 15.0 Å². The molecular formula is C24H27N3O5S. The monoisotopic (exact) mass is 469 g/mol. The van der Waals surface area contributed by atoms with Gasteiger partial charge in [0.25, 0.3) is 5.91 Å². The van der Waals surface area contributed by atoms with Crippen molar-refractivity contribution in [3.8, 4) is 17.4 Å². The summed E-state index contributed by atoms with van der Waals surface area (Å²) in [5.74, 6) is 1.21. The predicted octanol–water partition coefficient (Wildman–Crippen LogP) is 3.73. The van der Waals surface area contributed by atoms with Gasteiger partial charge in [-0.3, -0.25) is 4.79 Å². The lowest BCUT2D eigenvalue weighted by molar-refractivity contribution is 0.0950. The topological polar surface area (TPSA) is 107 Å². The zero-order valence-electron chi connectivity index (χ0n) is 19.0. The van der Waals surface area contributed by atoms with Gasteiger partial charge in [-0.15, -0.1) is 0 Å². The molecule has 174 valence electrons. The zero-order chi connectivity index (χ0) is 24.0. The summed E-state index contributed by atoms with van der Waals surface area (Å²) in [6.45, 7) is 6.13. The number of para-hydroxylation sites is 2. The van der Waals surface area contributed by atoms with Gasteiger partial charge in [0.2, 0.25) is 15.9 Å². The molecule has 3 aromatic rings. The summed E-state index contributed by atoms with van der Waals surface area (Å²) >= 11 is 0. The van der Waals surface area contributed by atoms with Crippen LogP contribution in [0.2, 0.25) is 0 Å². The molecule has 0 radical (unpaired) electrons. The smallest absolute Gasteiger partial charge is 0.251 e. The van der Waals surface area contributed by atoms with Crippen molar-refractivity contribution >= 4 is 15.9 Å². The maximum atomic E-state index is 12.7. The molecule has 0 saturated carbocycles. The van der Waals surface area contributed by atoms with Crippen molar-refractivity contribution in [1.82, 2.24) is 15.0 Å². The second-order valence-corrected chi connectivity index (χ2v) is 9.15. The van der Waals surface area contributed by atoms with Crippen LogP contribution in [-0.2, 0) is 16.6 Å². The molecule has 0 atom stereocenters. The fourth-order valence-corrected chi connectivity index (χ4v) is 4.20. The number of hydrogen-bond acceptors (Lipinski definition) is 6. The van der Waals surface area contributed by atoms with Gasteiger partial charge < -0.3 is 14.8 Å². The van der Waals surface area contributed by atoms with Crippen LogP contribution in [0.3, 0.4) is 0 Å². The Morgan fingerprint density at radius 2 is 1.79 bits per heavy atom. The highest BCUT2D eigenvalue weighted by atomic mass is 32.2. The van der Waals surface area contributed by atoms with Gasteiger partial charge in [-0.2, -0.15) is 0 Å². The quantitative estimate of drug-likeness (QED) is 0.495. The first-order valence-electron chi connectivity index (χ1n) is 10.4. The summed E-state index contributed by atoms with van der Waals surface area (Å²) in [6.07, 6.45) is 1.61. The molecule has 33 heavy (non-hydrogen) atoms. The molecule has 0 aliphatic rings. The number of aryl methyl sites for hydroxylation is 1. The molecule has 3 rings (SSSR count). The van der Waals surface area contributed by atoms with Crippen LogP contribution < -0.4 is 19.5 Å². The molecule has 2 N–H and O–H groups in total. The van der Waals surface area contributed by atoms with Crippen molar-refractivity contribution in [2.45, 2.75) is 32.2 Å². The van der Waals surface area contributed by atoms with Crippen molar-refractivity contribution in [3.63, 3.8) is 0 Å². The molecule has 0 saturated heterocycles. The lowest BCUT2D eigenvalue weighted by Crippen LogP contribution is -2.25. The SMILES string of the molecule is CCOc1ccccc1Oc1ccc(CNC(=O)c2cc(C)c(C)c(S(=O)(=O)NC)c2)cn1. The van der Waals surface area contributed by atoms with Crippen LogP contribution in [0.25, 0.3) is 0 Å². The third kappa shape index (κ3) is 5.88. The van der Waals surface area contributed by atoms with Crippen molar-refractivity contribution < 1.29 is 22.7 Å². The van der Waals surface area contributed by atoms with Crippen LogP contribution in [-0.4, -0.2) is 33.0 Å². The Balaban J connectivity index is 1.68. The number of pyridine rings is 1. The summed E-state index contributed by atoms with van der Waals surface area (Å²) in [5, 5.41) is 2.80. The molecule has 1 heterocycles. The highest BCUT2D eigenvalue weighted by Crippen LogP contribution is 2.30. The summed E-state index contributed by atoms with van der Waals surface area (Å²) in [6, 6.07) is 13.9. The maximum absolute atomic E-state index is 12.7. The number of rotatable bonds is 9. The summed E-state index contributed by atoms with van der Waals surface area (Å²) in [5.41, 5.74) is 2.35. The molecule has 0 unspecified atom stereocenters. The van der Waals surface area contributed by atoms with E-state index in [4.69, 9.17) is 9.47 Å². The summed E-state index contributed by atoms with van der Waals surface area (Å²) in [4.78, 5) is 17.1. The minimum absolute atomic E-state index is 0.0886. The van der Waals surface area contributed by atoms with Gasteiger partial charge in [0, 0.05) is 24.4 Å². The lowest BCUT2D eigenvalue weighted by atomic mass is 10.1. The van der Waals surface area contributed by atoms with E-state index in [9.17, 15) is 13.2 Å². The van der Waals surface area contributed by atoms with Gasteiger partial charge in [-0.1, -0.05) is 18.2 Å². The van der Waals surface area contributed by atoms with Crippen LogP contribution in [0.1, 0.15) is 34.0 Å². The molecule has 0 fully saturated rings. The highest BCUT2D eigenvalue weighted by molar-refractivity contribution is 7.89. The Bertz CT molecular complexity index is 1240. The second-order valence-electron chi connectivity index (χ2n) is 7.29. The number of aromatic nitrogens is 1. The van der Waals surface area contributed by atoms with Gasteiger partial charge in [-0.05, 0) is 68.8 Å². The number of ether oxygens (including phenoxy) is 2. The van der Waals surface area contributed by atoms with E-state index in [0.717, 1.165) is 5.56 Å². The third-order valence-corrected chi connectivity index (χ3v) is 6.59. The number of nitrogens with one attached hydrogen (secondary N) is 2. The fraction of sp³-hybridized carbons (Fsp3) is 0.250. The standard InChI is InChI=1S/C24H27N3O5S/c1-5-31-20-8-6-7-9-21(20)32-23-11-10-18(14-26-23)15-27-24(28)19-12-16(2)17(3)22(13-19)33(29,30)25-4/h6-14,25H,5,15H2,1-4H3,(H,27,28). The first kappa shape index (κ1) is 24.2. The summed E-state index contributed by atoms with van der Waals surface area (Å²) < 4.78 is 38.2. The van der Waals surface area contributed by atoms with E-state index in [1.165, 1.54) is 13.1 Å². The number of benzene rings is 2. The number of carbonyl (C=O) groups excluding carboxylic acids is 1. The van der Waals surface area contributed by atoms with Gasteiger partial charge in [0.1, 0.15) is 0 Å². The van der Waals surface area contributed by atoms with E-state index >= 15 is 0 Å². The maximum Gasteiger partial charge on any atom is 0.251 e. The van der Waals surface area contributed by atoms with Gasteiger partial charge >= 0.3 is 0 Å². The van der Waals surface area contributed by atoms with Crippen LogP contribution in [0, 0.1) is 13.8 Å². The van der Waals surface area contributed by atoms with E-state index < -0.39 is 10.0 Å². The first-order chi connectivity index (χ1) is 15.7. The molecule has 0 aliphatic carbocycles. The minimum atomic E-state index is -3.67. The van der Waals surface area contributed by atoms with Gasteiger partial charge in [-0.25, -0.2) is 18.1 Å². The minimum Gasteiger partial charge on any atom is -0.490 e. The molecule has 0 bridgehead atoms. The molecule has 8 nitrogen and oxygen atoms in total. The summed E-state index contributed by atoms with van der Waals surface area (Å²) in [7, 11) is -2.33. The van der Waals surface area contributed by atoms with Crippen molar-refractivity contribution in [2.24, 2.45) is 0 Å². The largest absolute Gasteiger partial charge is 0.490 e. The molecule has 1 aromatic heterocycles. The zero-order valence-corrected chi connectivity index (χ0v) is 19.8. The molecule has 2 aromatic carbocycles. The van der Waals surface area contributed by atoms with Crippen molar-refractivity contribution in [1.29, 1.82) is 0 Å². The predicted molar refractivity (Wildman–Crippen MR) is 125 cm³/mol. The fourth-order valence-electron chi connectivity index (χ4n) is 3.13.